The molecule has 2 rings (SSSR count). The minimum Gasteiger partial charge on any atom is -0.465 e. The molecule has 5 heteroatoms. The summed E-state index contributed by atoms with van der Waals surface area (Å²) >= 11 is 1.53. The van der Waals surface area contributed by atoms with Crippen molar-refractivity contribution in [1.29, 1.82) is 0 Å². The van der Waals surface area contributed by atoms with Crippen LogP contribution in [0.4, 0.5) is 10.8 Å². The van der Waals surface area contributed by atoms with Crippen molar-refractivity contribution in [3.63, 3.8) is 0 Å². The summed E-state index contributed by atoms with van der Waals surface area (Å²) in [5, 5.41) is 5.97. The fourth-order valence-electron chi connectivity index (χ4n) is 1.63. The average Bonchev–Trinajstić information content (AvgIpc) is 2.73. The smallest absolute Gasteiger partial charge is 0.337 e. The zero-order valence-corrected chi connectivity index (χ0v) is 11.3. The maximum absolute atomic E-state index is 11.5. The van der Waals surface area contributed by atoms with E-state index in [1.807, 2.05) is 25.3 Å². The maximum atomic E-state index is 11.5. The third-order valence-electron chi connectivity index (χ3n) is 2.37. The van der Waals surface area contributed by atoms with Crippen molar-refractivity contribution in [3.05, 3.63) is 40.4 Å². The summed E-state index contributed by atoms with van der Waals surface area (Å²) in [4.78, 5) is 15.8. The Labute approximate surface area is 110 Å². The number of nitrogens with zero attached hydrogens (tertiary/aromatic N) is 1. The lowest BCUT2D eigenvalue weighted by Gasteiger charge is -2.07. The van der Waals surface area contributed by atoms with Gasteiger partial charge in [0.05, 0.1) is 18.4 Å². The number of benzene rings is 1. The lowest BCUT2D eigenvalue weighted by Crippen LogP contribution is -2.02. The molecule has 94 valence electrons. The average molecular weight is 262 g/mol. The molecular weight excluding hydrogens is 248 g/mol. The fourth-order valence-corrected chi connectivity index (χ4v) is 2.33. The fraction of sp³-hybridized carbons (Fsp3) is 0.231. The van der Waals surface area contributed by atoms with E-state index in [-0.39, 0.29) is 5.97 Å². The molecule has 0 saturated heterocycles. The van der Waals surface area contributed by atoms with Gasteiger partial charge in [0.2, 0.25) is 0 Å². The van der Waals surface area contributed by atoms with E-state index in [0.717, 1.165) is 22.1 Å². The van der Waals surface area contributed by atoms with Gasteiger partial charge in [0, 0.05) is 11.1 Å². The third-order valence-corrected chi connectivity index (χ3v) is 3.24. The highest BCUT2D eigenvalue weighted by Crippen LogP contribution is 2.22. The highest BCUT2D eigenvalue weighted by atomic mass is 32.1. The Balaban J connectivity index is 2.28. The van der Waals surface area contributed by atoms with Crippen molar-refractivity contribution in [1.82, 2.24) is 4.98 Å². The molecule has 0 saturated carbocycles. The summed E-state index contributed by atoms with van der Waals surface area (Å²) in [5.41, 5.74) is 3.34. The molecule has 4 nitrogen and oxygen atoms in total. The second-order valence-electron chi connectivity index (χ2n) is 4.00. The first-order valence-electron chi connectivity index (χ1n) is 5.47. The summed E-state index contributed by atoms with van der Waals surface area (Å²) in [6.07, 6.45) is 0. The van der Waals surface area contributed by atoms with Crippen LogP contribution in [0.25, 0.3) is 0 Å². The topological polar surface area (TPSA) is 51.2 Å². The van der Waals surface area contributed by atoms with Crippen LogP contribution in [0.5, 0.6) is 0 Å². The van der Waals surface area contributed by atoms with E-state index >= 15 is 0 Å². The van der Waals surface area contributed by atoms with Crippen LogP contribution in [0, 0.1) is 13.8 Å². The van der Waals surface area contributed by atoms with E-state index in [9.17, 15) is 4.79 Å². The number of thiazole rings is 1. The van der Waals surface area contributed by atoms with Crippen LogP contribution in [0.15, 0.2) is 23.6 Å². The summed E-state index contributed by atoms with van der Waals surface area (Å²) < 4.78 is 4.72. The quantitative estimate of drug-likeness (QED) is 0.862. The lowest BCUT2D eigenvalue weighted by molar-refractivity contribution is 0.0600. The first-order valence-corrected chi connectivity index (χ1v) is 6.35. The van der Waals surface area contributed by atoms with Crippen LogP contribution in [-0.4, -0.2) is 18.1 Å². The number of rotatable bonds is 3. The highest BCUT2D eigenvalue weighted by Gasteiger charge is 2.08. The summed E-state index contributed by atoms with van der Waals surface area (Å²) in [7, 11) is 1.38. The molecule has 0 fully saturated rings. The van der Waals surface area contributed by atoms with E-state index < -0.39 is 0 Å². The second-order valence-corrected chi connectivity index (χ2v) is 4.86. The molecule has 18 heavy (non-hydrogen) atoms. The molecule has 0 aliphatic heterocycles. The number of carbonyl (C=O) groups excluding carboxylic acids is 1. The zero-order chi connectivity index (χ0) is 13.1. The Hall–Kier alpha value is -1.88. The number of ether oxygens (including phenoxy) is 1. The van der Waals surface area contributed by atoms with Crippen molar-refractivity contribution in [3.8, 4) is 0 Å². The van der Waals surface area contributed by atoms with Gasteiger partial charge >= 0.3 is 5.97 Å². The predicted octanol–water partition coefficient (Wildman–Crippen LogP) is 3.29. The molecule has 0 radical (unpaired) electrons. The molecule has 2 aromatic rings. The van der Waals surface area contributed by atoms with Crippen LogP contribution in [0.2, 0.25) is 0 Å². The van der Waals surface area contributed by atoms with Gasteiger partial charge in [-0.15, -0.1) is 11.3 Å². The van der Waals surface area contributed by atoms with Crippen molar-refractivity contribution >= 4 is 28.1 Å². The van der Waals surface area contributed by atoms with Gasteiger partial charge in [0.1, 0.15) is 0 Å². The molecule has 0 bridgehead atoms. The number of esters is 1. The first kappa shape index (κ1) is 12.6. The van der Waals surface area contributed by atoms with Crippen molar-refractivity contribution < 1.29 is 9.53 Å². The molecule has 0 unspecified atom stereocenters. The van der Waals surface area contributed by atoms with Gasteiger partial charge in [-0.05, 0) is 37.6 Å². The van der Waals surface area contributed by atoms with Crippen LogP contribution in [0.3, 0.4) is 0 Å². The van der Waals surface area contributed by atoms with Gasteiger partial charge in [-0.3, -0.25) is 0 Å². The Kier molecular flexibility index (Phi) is 3.62. The second kappa shape index (κ2) is 5.18. The van der Waals surface area contributed by atoms with Gasteiger partial charge in [0.15, 0.2) is 5.13 Å². The van der Waals surface area contributed by atoms with Crippen LogP contribution < -0.4 is 5.32 Å². The largest absolute Gasteiger partial charge is 0.465 e. The van der Waals surface area contributed by atoms with Crippen molar-refractivity contribution in [2.75, 3.05) is 12.4 Å². The van der Waals surface area contributed by atoms with Crippen LogP contribution in [0.1, 0.15) is 21.6 Å². The van der Waals surface area contributed by atoms with Gasteiger partial charge in [-0.25, -0.2) is 9.78 Å². The normalized spacial score (nSPS) is 10.2. The maximum Gasteiger partial charge on any atom is 0.337 e. The minimum atomic E-state index is -0.336. The van der Waals surface area contributed by atoms with E-state index in [1.165, 1.54) is 18.4 Å². The third kappa shape index (κ3) is 2.87. The van der Waals surface area contributed by atoms with E-state index in [4.69, 9.17) is 4.74 Å². The van der Waals surface area contributed by atoms with Crippen LogP contribution in [-0.2, 0) is 4.74 Å². The molecule has 0 spiro atoms. The molecule has 1 heterocycles. The number of hydrogen-bond acceptors (Lipinski definition) is 5. The summed E-state index contributed by atoms with van der Waals surface area (Å²) in [6.45, 7) is 3.88. The first-order chi connectivity index (χ1) is 8.58. The van der Waals surface area contributed by atoms with Gasteiger partial charge in [-0.2, -0.15) is 0 Å². The van der Waals surface area contributed by atoms with Crippen LogP contribution >= 0.6 is 11.3 Å². The SMILES string of the molecule is COC(=O)c1cc(C)cc(Nc2nc(C)cs2)c1. The standard InChI is InChI=1S/C13H14N2O2S/c1-8-4-10(12(16)17-3)6-11(5-8)15-13-14-9(2)7-18-13/h4-7H,1-3H3,(H,14,15). The molecule has 1 aromatic carbocycles. The number of methoxy groups -OCH3 is 1. The lowest BCUT2D eigenvalue weighted by atomic mass is 10.1. The minimum absolute atomic E-state index is 0.336. The Morgan fingerprint density at radius 1 is 1.33 bits per heavy atom. The number of aryl methyl sites for hydroxylation is 2. The van der Waals surface area contributed by atoms with E-state index in [1.54, 1.807) is 12.1 Å². The monoisotopic (exact) mass is 262 g/mol. The summed E-state index contributed by atoms with van der Waals surface area (Å²) in [5.74, 6) is -0.336. The molecular formula is C13H14N2O2S. The Morgan fingerprint density at radius 3 is 2.72 bits per heavy atom. The molecule has 0 atom stereocenters. The van der Waals surface area contributed by atoms with E-state index in [0.29, 0.717) is 5.56 Å². The van der Waals surface area contributed by atoms with Crippen molar-refractivity contribution in [2.45, 2.75) is 13.8 Å². The van der Waals surface area contributed by atoms with Crippen molar-refractivity contribution in [2.24, 2.45) is 0 Å². The Bertz CT molecular complexity index is 578. The molecule has 1 aromatic heterocycles. The van der Waals surface area contributed by atoms with Gasteiger partial charge in [-0.1, -0.05) is 0 Å². The number of anilines is 2. The predicted molar refractivity (Wildman–Crippen MR) is 72.7 cm³/mol. The Morgan fingerprint density at radius 2 is 2.11 bits per heavy atom. The number of aromatic nitrogens is 1. The van der Waals surface area contributed by atoms with E-state index in [2.05, 4.69) is 10.3 Å². The number of hydrogen-bond donors (Lipinski definition) is 1. The number of nitrogens with one attached hydrogen (secondary N) is 1. The van der Waals surface area contributed by atoms with Gasteiger partial charge < -0.3 is 10.1 Å². The molecule has 0 aliphatic carbocycles. The molecule has 0 amide bonds. The molecule has 1 N–H and O–H groups in total. The number of carbonyl (C=O) groups is 1. The highest BCUT2D eigenvalue weighted by molar-refractivity contribution is 7.13. The van der Waals surface area contributed by atoms with Gasteiger partial charge in [0.25, 0.3) is 0 Å². The zero-order valence-electron chi connectivity index (χ0n) is 10.5. The molecule has 0 aliphatic rings. The summed E-state index contributed by atoms with van der Waals surface area (Å²) in [6, 6.07) is 5.52.